The van der Waals surface area contributed by atoms with Crippen LogP contribution in [0.1, 0.15) is 29.7 Å². The molecule has 0 aliphatic heterocycles. The van der Waals surface area contributed by atoms with Crippen molar-refractivity contribution in [3.8, 4) is 5.75 Å². The van der Waals surface area contributed by atoms with Gasteiger partial charge in [-0.15, -0.1) is 0 Å². The summed E-state index contributed by atoms with van der Waals surface area (Å²) in [5, 5.41) is 2.87. The molecule has 0 aromatic heterocycles. The topological polar surface area (TPSA) is 75.7 Å². The summed E-state index contributed by atoms with van der Waals surface area (Å²) in [7, 11) is -2.61. The number of hydrogen-bond acceptors (Lipinski definition) is 4. The maximum absolute atomic E-state index is 14.5. The van der Waals surface area contributed by atoms with Gasteiger partial charge in [0.25, 0.3) is 0 Å². The predicted octanol–water partition coefficient (Wildman–Crippen LogP) is 4.86. The second kappa shape index (κ2) is 11.0. The van der Waals surface area contributed by atoms with Crippen LogP contribution in [0.2, 0.25) is 5.02 Å². The molecule has 3 aromatic rings. The zero-order valence-electron chi connectivity index (χ0n) is 19.1. The maximum Gasteiger partial charge on any atom is 0.243 e. The van der Waals surface area contributed by atoms with E-state index in [1.54, 1.807) is 25.1 Å². The zero-order valence-corrected chi connectivity index (χ0v) is 20.7. The number of methoxy groups -OCH3 is 1. The summed E-state index contributed by atoms with van der Waals surface area (Å²) in [5.41, 5.74) is 1.61. The number of amides is 1. The summed E-state index contributed by atoms with van der Waals surface area (Å²) in [5.74, 6) is -0.612. The van der Waals surface area contributed by atoms with Crippen LogP contribution in [0.25, 0.3) is 0 Å². The summed E-state index contributed by atoms with van der Waals surface area (Å²) in [6, 6.07) is 17.1. The Morgan fingerprint density at radius 1 is 1.09 bits per heavy atom. The van der Waals surface area contributed by atoms with Crippen molar-refractivity contribution in [2.75, 3.05) is 13.7 Å². The van der Waals surface area contributed by atoms with Crippen molar-refractivity contribution in [2.24, 2.45) is 0 Å². The van der Waals surface area contributed by atoms with E-state index in [9.17, 15) is 17.6 Å². The van der Waals surface area contributed by atoms with Crippen LogP contribution in [0, 0.1) is 12.7 Å². The molecule has 0 aliphatic carbocycles. The van der Waals surface area contributed by atoms with Gasteiger partial charge in [-0.1, -0.05) is 53.6 Å². The Bertz CT molecular complexity index is 1250. The van der Waals surface area contributed by atoms with Crippen molar-refractivity contribution in [1.82, 2.24) is 9.62 Å². The predicted molar refractivity (Wildman–Crippen MR) is 130 cm³/mol. The minimum absolute atomic E-state index is 0.00358. The van der Waals surface area contributed by atoms with E-state index in [2.05, 4.69) is 5.32 Å². The highest BCUT2D eigenvalue weighted by molar-refractivity contribution is 7.89. The van der Waals surface area contributed by atoms with E-state index in [4.69, 9.17) is 16.3 Å². The fourth-order valence-electron chi connectivity index (χ4n) is 3.49. The van der Waals surface area contributed by atoms with Gasteiger partial charge in [0.05, 0.1) is 24.6 Å². The quantitative estimate of drug-likeness (QED) is 0.451. The molecule has 0 saturated carbocycles. The lowest BCUT2D eigenvalue weighted by Gasteiger charge is -2.24. The van der Waals surface area contributed by atoms with Crippen molar-refractivity contribution < 1.29 is 22.3 Å². The average Bonchev–Trinajstić information content (AvgIpc) is 2.80. The number of carbonyl (C=O) groups excluding carboxylic acids is 1. The number of nitrogens with zero attached hydrogens (tertiary/aromatic N) is 1. The van der Waals surface area contributed by atoms with Crippen LogP contribution in [-0.4, -0.2) is 32.3 Å². The number of carbonyl (C=O) groups is 1. The number of sulfonamides is 1. The van der Waals surface area contributed by atoms with Crippen molar-refractivity contribution >= 4 is 27.5 Å². The average molecular weight is 505 g/mol. The Hall–Kier alpha value is -2.94. The van der Waals surface area contributed by atoms with E-state index in [-0.39, 0.29) is 15.5 Å². The molecule has 3 aromatic carbocycles. The van der Waals surface area contributed by atoms with Crippen LogP contribution >= 0.6 is 11.6 Å². The Morgan fingerprint density at radius 3 is 2.41 bits per heavy atom. The Kier molecular flexibility index (Phi) is 8.30. The summed E-state index contributed by atoms with van der Waals surface area (Å²) >= 11 is 6.15. The van der Waals surface area contributed by atoms with Gasteiger partial charge in [0.15, 0.2) is 0 Å². The van der Waals surface area contributed by atoms with E-state index in [1.807, 2.05) is 25.1 Å². The highest BCUT2D eigenvalue weighted by Crippen LogP contribution is 2.26. The lowest BCUT2D eigenvalue weighted by molar-refractivity contribution is -0.122. The monoisotopic (exact) mass is 504 g/mol. The molecule has 0 aliphatic rings. The zero-order chi connectivity index (χ0) is 24.9. The van der Waals surface area contributed by atoms with E-state index < -0.39 is 40.9 Å². The first-order valence-electron chi connectivity index (χ1n) is 10.6. The molecule has 0 bridgehead atoms. The van der Waals surface area contributed by atoms with Crippen molar-refractivity contribution in [1.29, 1.82) is 0 Å². The van der Waals surface area contributed by atoms with Gasteiger partial charge in [-0.05, 0) is 44.2 Å². The Morgan fingerprint density at radius 2 is 1.76 bits per heavy atom. The van der Waals surface area contributed by atoms with Crippen molar-refractivity contribution in [2.45, 2.75) is 31.3 Å². The minimum Gasteiger partial charge on any atom is -0.496 e. The van der Waals surface area contributed by atoms with E-state index in [1.165, 1.54) is 37.4 Å². The molecule has 0 radical (unpaired) electrons. The highest BCUT2D eigenvalue weighted by Gasteiger charge is 2.29. The van der Waals surface area contributed by atoms with E-state index in [0.717, 1.165) is 15.4 Å². The lowest BCUT2D eigenvalue weighted by atomic mass is 10.1. The molecule has 180 valence electrons. The molecular weight excluding hydrogens is 479 g/mol. The van der Waals surface area contributed by atoms with Gasteiger partial charge in [-0.2, -0.15) is 4.31 Å². The SMILES string of the molecule is COc1ccccc1[C@H](C)NC(=O)CN(Cc1c(F)cccc1Cl)S(=O)(=O)c1ccc(C)cc1. The largest absolute Gasteiger partial charge is 0.496 e. The number of nitrogens with one attached hydrogen (secondary N) is 1. The third-order valence-corrected chi connectivity index (χ3v) is 7.52. The third-order valence-electron chi connectivity index (χ3n) is 5.36. The van der Waals surface area contributed by atoms with Crippen LogP contribution in [0.5, 0.6) is 5.75 Å². The molecular formula is C25H26ClFN2O4S. The first kappa shape index (κ1) is 25.7. The molecule has 1 N–H and O–H groups in total. The van der Waals surface area contributed by atoms with E-state index >= 15 is 0 Å². The maximum atomic E-state index is 14.5. The number of rotatable bonds is 9. The molecule has 0 fully saturated rings. The standard InChI is InChI=1S/C25H26ClFN2O4S/c1-17-11-13-19(14-12-17)34(31,32)29(15-21-22(26)8-6-9-23(21)27)16-25(30)28-18(2)20-7-4-5-10-24(20)33-3/h4-14,18H,15-16H2,1-3H3,(H,28,30)/t18-/m0/s1. The summed E-state index contributed by atoms with van der Waals surface area (Å²) in [4.78, 5) is 12.9. The van der Waals surface area contributed by atoms with Gasteiger partial charge in [0, 0.05) is 22.7 Å². The third kappa shape index (κ3) is 5.94. The fraction of sp³-hybridized carbons (Fsp3) is 0.240. The molecule has 9 heteroatoms. The van der Waals surface area contributed by atoms with Crippen molar-refractivity contribution in [3.63, 3.8) is 0 Å². The molecule has 6 nitrogen and oxygen atoms in total. The van der Waals surface area contributed by atoms with Crippen LogP contribution in [0.15, 0.2) is 71.6 Å². The van der Waals surface area contributed by atoms with Gasteiger partial charge in [-0.25, -0.2) is 12.8 Å². The van der Waals surface area contributed by atoms with Gasteiger partial charge < -0.3 is 10.1 Å². The number of hydrogen-bond donors (Lipinski definition) is 1. The lowest BCUT2D eigenvalue weighted by Crippen LogP contribution is -2.41. The van der Waals surface area contributed by atoms with Crippen LogP contribution in [0.4, 0.5) is 4.39 Å². The van der Waals surface area contributed by atoms with Gasteiger partial charge in [0.2, 0.25) is 15.9 Å². The molecule has 0 spiro atoms. The number of para-hydroxylation sites is 1. The molecule has 3 rings (SSSR count). The minimum atomic E-state index is -4.14. The number of aryl methyl sites for hydroxylation is 1. The smallest absolute Gasteiger partial charge is 0.243 e. The molecule has 0 unspecified atom stereocenters. The summed E-state index contributed by atoms with van der Waals surface area (Å²) in [6.45, 7) is 2.67. The Labute approximate surface area is 204 Å². The van der Waals surface area contributed by atoms with Crippen LogP contribution in [-0.2, 0) is 21.4 Å². The highest BCUT2D eigenvalue weighted by atomic mass is 35.5. The Balaban J connectivity index is 1.90. The number of benzene rings is 3. The molecule has 0 heterocycles. The number of halogens is 2. The van der Waals surface area contributed by atoms with E-state index in [0.29, 0.717) is 5.75 Å². The molecule has 1 amide bonds. The second-order valence-electron chi connectivity index (χ2n) is 7.82. The summed E-state index contributed by atoms with van der Waals surface area (Å²) in [6.07, 6.45) is 0. The van der Waals surface area contributed by atoms with Gasteiger partial charge in [0.1, 0.15) is 11.6 Å². The van der Waals surface area contributed by atoms with Gasteiger partial charge >= 0.3 is 0 Å². The summed E-state index contributed by atoms with van der Waals surface area (Å²) < 4.78 is 47.6. The van der Waals surface area contributed by atoms with Gasteiger partial charge in [-0.3, -0.25) is 4.79 Å². The molecule has 34 heavy (non-hydrogen) atoms. The fourth-order valence-corrected chi connectivity index (χ4v) is 5.08. The molecule has 1 atom stereocenters. The van der Waals surface area contributed by atoms with Crippen molar-refractivity contribution in [3.05, 3.63) is 94.3 Å². The second-order valence-corrected chi connectivity index (χ2v) is 10.2. The number of ether oxygens (including phenoxy) is 1. The molecule has 0 saturated heterocycles. The van der Waals surface area contributed by atoms with Crippen LogP contribution < -0.4 is 10.1 Å². The first-order chi connectivity index (χ1) is 16.1. The normalized spacial score (nSPS) is 12.4. The first-order valence-corrected chi connectivity index (χ1v) is 12.4. The van der Waals surface area contributed by atoms with Crippen LogP contribution in [0.3, 0.4) is 0 Å².